The van der Waals surface area contributed by atoms with Gasteiger partial charge in [0.25, 0.3) is 0 Å². The molecule has 2 fully saturated rings. The number of benzene rings is 1. The Kier molecular flexibility index (Phi) is 5.59. The fourth-order valence-electron chi connectivity index (χ4n) is 5.39. The van der Waals surface area contributed by atoms with Gasteiger partial charge in [-0.25, -0.2) is 14.8 Å². The van der Waals surface area contributed by atoms with E-state index in [0.717, 1.165) is 46.1 Å². The van der Waals surface area contributed by atoms with E-state index in [-0.39, 0.29) is 12.0 Å². The van der Waals surface area contributed by atoms with Crippen LogP contribution < -0.4 is 9.80 Å². The lowest BCUT2D eigenvalue weighted by atomic mass is 10.0. The molecule has 5 heterocycles. The topological polar surface area (TPSA) is 96.7 Å². The number of thioether (sulfide) groups is 1. The van der Waals surface area contributed by atoms with E-state index in [2.05, 4.69) is 16.0 Å². The third-order valence-electron chi connectivity index (χ3n) is 7.29. The lowest BCUT2D eigenvalue weighted by Gasteiger charge is -2.26. The first-order chi connectivity index (χ1) is 17.6. The number of aryl methyl sites for hydroxylation is 1. The number of ether oxygens (including phenoxy) is 1. The van der Waals surface area contributed by atoms with Gasteiger partial charge in [-0.15, -0.1) is 11.8 Å². The molecule has 2 unspecified atom stereocenters. The van der Waals surface area contributed by atoms with Crippen LogP contribution in [0.3, 0.4) is 0 Å². The lowest BCUT2D eigenvalue weighted by Crippen LogP contribution is -2.37. The molecule has 2 amide bonds. The van der Waals surface area contributed by atoms with Gasteiger partial charge >= 0.3 is 6.09 Å². The number of fused-ring (bicyclic) bond motifs is 3. The summed E-state index contributed by atoms with van der Waals surface area (Å²) in [6.07, 6.45) is 1.53. The molecule has 194 valence electrons. The van der Waals surface area contributed by atoms with Crippen LogP contribution in [0.5, 0.6) is 0 Å². The first kappa shape index (κ1) is 24.0. The van der Waals surface area contributed by atoms with Gasteiger partial charge in [-0.3, -0.25) is 4.79 Å². The molecule has 0 spiro atoms. The Bertz CT molecular complexity index is 1400. The minimum absolute atomic E-state index is 0.103. The van der Waals surface area contributed by atoms with Gasteiger partial charge in [-0.2, -0.15) is 4.98 Å². The summed E-state index contributed by atoms with van der Waals surface area (Å²) in [7, 11) is 3.76. The number of imidazole rings is 1. The molecular weight excluding hydrogens is 490 g/mol. The molecule has 37 heavy (non-hydrogen) atoms. The first-order valence-corrected chi connectivity index (χ1v) is 13.5. The zero-order chi connectivity index (χ0) is 26.1. The van der Waals surface area contributed by atoms with Crippen molar-refractivity contribution in [1.82, 2.24) is 24.4 Å². The van der Waals surface area contributed by atoms with E-state index in [1.807, 2.05) is 56.5 Å². The predicted molar refractivity (Wildman–Crippen MR) is 143 cm³/mol. The minimum Gasteiger partial charge on any atom is -0.444 e. The van der Waals surface area contributed by atoms with E-state index in [9.17, 15) is 9.59 Å². The molecule has 3 aromatic rings. The summed E-state index contributed by atoms with van der Waals surface area (Å²) in [5.74, 6) is 1.93. The Morgan fingerprint density at radius 2 is 1.81 bits per heavy atom. The highest BCUT2D eigenvalue weighted by Crippen LogP contribution is 2.39. The maximum absolute atomic E-state index is 12.6. The Labute approximate surface area is 220 Å². The number of aromatic nitrogens is 4. The number of carbonyl (C=O) groups excluding carboxylic acids is 2. The zero-order valence-electron chi connectivity index (χ0n) is 21.8. The van der Waals surface area contributed by atoms with Gasteiger partial charge in [-0.1, -0.05) is 6.07 Å². The first-order valence-electron chi connectivity index (χ1n) is 12.5. The van der Waals surface area contributed by atoms with Gasteiger partial charge in [0.2, 0.25) is 11.9 Å². The second kappa shape index (κ2) is 8.61. The van der Waals surface area contributed by atoms with Crippen molar-refractivity contribution < 1.29 is 14.3 Å². The highest BCUT2D eigenvalue weighted by molar-refractivity contribution is 8.00. The average molecular weight is 522 g/mol. The molecule has 0 bridgehead atoms. The van der Waals surface area contributed by atoms with Gasteiger partial charge in [0.1, 0.15) is 16.8 Å². The molecule has 3 aliphatic rings. The molecule has 0 saturated carbocycles. The lowest BCUT2D eigenvalue weighted by molar-refractivity contribution is -0.116. The number of hydrogen-bond acceptors (Lipinski definition) is 8. The van der Waals surface area contributed by atoms with Crippen molar-refractivity contribution in [3.05, 3.63) is 24.5 Å². The molecule has 0 N–H and O–H groups in total. The van der Waals surface area contributed by atoms with Gasteiger partial charge in [-0.05, 0) is 32.9 Å². The van der Waals surface area contributed by atoms with Gasteiger partial charge in [0.15, 0.2) is 5.65 Å². The number of amides is 2. The molecule has 2 aromatic heterocycles. The van der Waals surface area contributed by atoms with E-state index < -0.39 is 5.60 Å². The monoisotopic (exact) mass is 521 g/mol. The largest absolute Gasteiger partial charge is 0.444 e. The Morgan fingerprint density at radius 1 is 1.08 bits per heavy atom. The molecule has 2 saturated heterocycles. The van der Waals surface area contributed by atoms with Crippen LogP contribution in [0.25, 0.3) is 22.4 Å². The normalized spacial score (nSPS) is 21.5. The van der Waals surface area contributed by atoms with E-state index >= 15 is 0 Å². The molecule has 11 heteroatoms. The highest BCUT2D eigenvalue weighted by Gasteiger charge is 2.43. The summed E-state index contributed by atoms with van der Waals surface area (Å²) in [5, 5.41) is 0. The van der Waals surface area contributed by atoms with E-state index in [1.165, 1.54) is 0 Å². The van der Waals surface area contributed by atoms with Crippen molar-refractivity contribution in [2.75, 3.05) is 48.8 Å². The van der Waals surface area contributed by atoms with Crippen LogP contribution in [-0.4, -0.2) is 81.0 Å². The SMILES string of the molecule is CN1C(=O)CSc2cc(-c3nc(N4CC5CN(C(=O)OC(C)(C)C)CC5C4)nc4c3ncn4C)ccc21. The highest BCUT2D eigenvalue weighted by atomic mass is 32.2. The van der Waals surface area contributed by atoms with E-state index in [1.54, 1.807) is 23.0 Å². The van der Waals surface area contributed by atoms with Crippen molar-refractivity contribution in [2.24, 2.45) is 18.9 Å². The Morgan fingerprint density at radius 3 is 2.51 bits per heavy atom. The maximum Gasteiger partial charge on any atom is 0.410 e. The van der Waals surface area contributed by atoms with Crippen LogP contribution in [-0.2, 0) is 16.6 Å². The van der Waals surface area contributed by atoms with Crippen molar-refractivity contribution >= 4 is 46.6 Å². The average Bonchev–Trinajstić information content (AvgIpc) is 3.53. The summed E-state index contributed by atoms with van der Waals surface area (Å²) in [6, 6.07) is 6.09. The van der Waals surface area contributed by atoms with Crippen molar-refractivity contribution in [2.45, 2.75) is 31.3 Å². The fraction of sp³-hybridized carbons (Fsp3) is 0.500. The quantitative estimate of drug-likeness (QED) is 0.506. The number of likely N-dealkylation sites (tertiary alicyclic amines) is 1. The summed E-state index contributed by atoms with van der Waals surface area (Å²) >= 11 is 1.55. The third-order valence-corrected chi connectivity index (χ3v) is 8.32. The van der Waals surface area contributed by atoms with Crippen molar-refractivity contribution in [3.63, 3.8) is 0 Å². The summed E-state index contributed by atoms with van der Waals surface area (Å²) in [6.45, 7) is 8.64. The molecule has 1 aromatic carbocycles. The number of nitrogens with zero attached hydrogens (tertiary/aromatic N) is 7. The summed E-state index contributed by atoms with van der Waals surface area (Å²) in [4.78, 5) is 46.1. The summed E-state index contributed by atoms with van der Waals surface area (Å²) in [5.41, 5.74) is 3.70. The molecular formula is C26H31N7O3S. The fourth-order valence-corrected chi connectivity index (χ4v) is 6.43. The number of carbonyl (C=O) groups is 2. The molecule has 2 atom stereocenters. The zero-order valence-corrected chi connectivity index (χ0v) is 22.6. The van der Waals surface area contributed by atoms with Gasteiger partial charge in [0.05, 0.1) is 17.8 Å². The van der Waals surface area contributed by atoms with Crippen LogP contribution in [0.4, 0.5) is 16.4 Å². The Balaban J connectivity index is 1.28. The van der Waals surface area contributed by atoms with E-state index in [4.69, 9.17) is 14.7 Å². The molecule has 0 radical (unpaired) electrons. The molecule has 0 aliphatic carbocycles. The number of anilines is 2. The second-order valence-electron chi connectivity index (χ2n) is 11.1. The van der Waals surface area contributed by atoms with Gasteiger partial charge in [0, 0.05) is 62.6 Å². The standard InChI is InChI=1S/C26H31N7O3S/c1-26(2,3)36-25(35)33-11-16-9-32(10-17(16)12-33)24-28-21(22-23(29-24)30(4)14-27-22)15-6-7-18-19(8-15)37-13-20(34)31(18)5/h6-8,14,16-17H,9-13H2,1-5H3. The maximum atomic E-state index is 12.6. The van der Waals surface area contributed by atoms with Gasteiger partial charge < -0.3 is 24.0 Å². The predicted octanol–water partition coefficient (Wildman–Crippen LogP) is 3.40. The van der Waals surface area contributed by atoms with Crippen LogP contribution in [0, 0.1) is 11.8 Å². The number of rotatable bonds is 2. The smallest absolute Gasteiger partial charge is 0.410 e. The van der Waals surface area contributed by atoms with Crippen LogP contribution in [0.1, 0.15) is 20.8 Å². The van der Waals surface area contributed by atoms with Crippen LogP contribution in [0.15, 0.2) is 29.4 Å². The summed E-state index contributed by atoms with van der Waals surface area (Å²) < 4.78 is 7.50. The van der Waals surface area contributed by atoms with Crippen molar-refractivity contribution in [3.8, 4) is 11.3 Å². The molecule has 6 rings (SSSR count). The van der Waals surface area contributed by atoms with Crippen LogP contribution >= 0.6 is 11.8 Å². The van der Waals surface area contributed by atoms with E-state index in [0.29, 0.717) is 36.6 Å². The molecule has 3 aliphatic heterocycles. The minimum atomic E-state index is -0.496. The van der Waals surface area contributed by atoms with Crippen molar-refractivity contribution in [1.29, 1.82) is 0 Å². The number of hydrogen-bond donors (Lipinski definition) is 0. The molecule has 10 nitrogen and oxygen atoms in total. The third kappa shape index (κ3) is 4.28. The van der Waals surface area contributed by atoms with Crippen LogP contribution in [0.2, 0.25) is 0 Å². The second-order valence-corrected chi connectivity index (χ2v) is 12.2. The Hall–Kier alpha value is -3.34.